The summed E-state index contributed by atoms with van der Waals surface area (Å²) in [5.74, 6) is -0.699. The normalized spacial score (nSPS) is 19.0. The van der Waals surface area contributed by atoms with E-state index in [0.717, 1.165) is 12.1 Å². The van der Waals surface area contributed by atoms with Crippen molar-refractivity contribution in [1.29, 1.82) is 0 Å². The summed E-state index contributed by atoms with van der Waals surface area (Å²) in [4.78, 5) is 23.1. The SMILES string of the molecule is O=C1CCC(NC(=O)c2cc(C(F)(F)F)ccc2Br)CN1. The van der Waals surface area contributed by atoms with E-state index in [1.165, 1.54) is 6.07 Å². The average molecular weight is 365 g/mol. The summed E-state index contributed by atoms with van der Waals surface area (Å²) >= 11 is 3.07. The molecule has 21 heavy (non-hydrogen) atoms. The van der Waals surface area contributed by atoms with Gasteiger partial charge in [-0.25, -0.2) is 0 Å². The summed E-state index contributed by atoms with van der Waals surface area (Å²) in [6, 6.07) is 2.62. The van der Waals surface area contributed by atoms with Crippen LogP contribution in [-0.4, -0.2) is 24.4 Å². The molecule has 2 rings (SSSR count). The second-order valence-electron chi connectivity index (χ2n) is 4.71. The molecule has 1 saturated heterocycles. The summed E-state index contributed by atoms with van der Waals surface area (Å²) in [7, 11) is 0. The van der Waals surface area contributed by atoms with Crippen LogP contribution >= 0.6 is 15.9 Å². The molecule has 2 amide bonds. The van der Waals surface area contributed by atoms with Gasteiger partial charge in [0.2, 0.25) is 5.91 Å². The van der Waals surface area contributed by atoms with Crippen LogP contribution in [-0.2, 0) is 11.0 Å². The van der Waals surface area contributed by atoms with E-state index in [2.05, 4.69) is 26.6 Å². The van der Waals surface area contributed by atoms with E-state index < -0.39 is 17.6 Å². The van der Waals surface area contributed by atoms with Crippen LogP contribution in [0.2, 0.25) is 0 Å². The van der Waals surface area contributed by atoms with E-state index in [4.69, 9.17) is 0 Å². The van der Waals surface area contributed by atoms with Crippen LogP contribution in [0.5, 0.6) is 0 Å². The van der Waals surface area contributed by atoms with Gasteiger partial charge in [0.25, 0.3) is 5.91 Å². The fourth-order valence-electron chi connectivity index (χ4n) is 1.99. The summed E-state index contributed by atoms with van der Waals surface area (Å²) in [6.45, 7) is 0.279. The molecule has 1 aromatic carbocycles. The molecule has 1 atom stereocenters. The highest BCUT2D eigenvalue weighted by Crippen LogP contribution is 2.31. The Morgan fingerprint density at radius 3 is 2.67 bits per heavy atom. The zero-order valence-corrected chi connectivity index (χ0v) is 12.3. The first-order valence-corrected chi connectivity index (χ1v) is 7.01. The van der Waals surface area contributed by atoms with Crippen molar-refractivity contribution in [3.05, 3.63) is 33.8 Å². The largest absolute Gasteiger partial charge is 0.416 e. The molecule has 2 N–H and O–H groups in total. The number of halogens is 4. The molecule has 1 heterocycles. The molecule has 114 valence electrons. The van der Waals surface area contributed by atoms with Crippen molar-refractivity contribution in [2.75, 3.05) is 6.54 Å². The molecular weight excluding hydrogens is 353 g/mol. The second kappa shape index (κ2) is 6.05. The Bertz CT molecular complexity index is 565. The zero-order valence-electron chi connectivity index (χ0n) is 10.8. The van der Waals surface area contributed by atoms with Crippen LogP contribution in [0.4, 0.5) is 13.2 Å². The van der Waals surface area contributed by atoms with Gasteiger partial charge in [-0.3, -0.25) is 9.59 Å². The lowest BCUT2D eigenvalue weighted by Crippen LogP contribution is -2.47. The van der Waals surface area contributed by atoms with Crippen molar-refractivity contribution < 1.29 is 22.8 Å². The van der Waals surface area contributed by atoms with Gasteiger partial charge in [0.05, 0.1) is 11.1 Å². The number of piperidine rings is 1. The highest BCUT2D eigenvalue weighted by Gasteiger charge is 2.32. The van der Waals surface area contributed by atoms with Crippen LogP contribution in [0, 0.1) is 0 Å². The van der Waals surface area contributed by atoms with Crippen LogP contribution in [0.15, 0.2) is 22.7 Å². The number of hydrogen-bond acceptors (Lipinski definition) is 2. The average Bonchev–Trinajstić information content (AvgIpc) is 2.40. The fraction of sp³-hybridized carbons (Fsp3) is 0.385. The third-order valence-electron chi connectivity index (χ3n) is 3.14. The maximum absolute atomic E-state index is 12.7. The summed E-state index contributed by atoms with van der Waals surface area (Å²) in [5, 5.41) is 5.22. The molecule has 0 bridgehead atoms. The molecular formula is C13H12BrF3N2O2. The first-order valence-electron chi connectivity index (χ1n) is 6.21. The minimum Gasteiger partial charge on any atom is -0.354 e. The molecule has 0 radical (unpaired) electrons. The second-order valence-corrected chi connectivity index (χ2v) is 5.56. The molecule has 1 aromatic rings. The molecule has 8 heteroatoms. The van der Waals surface area contributed by atoms with E-state index >= 15 is 0 Å². The van der Waals surface area contributed by atoms with Gasteiger partial charge in [-0.2, -0.15) is 13.2 Å². The van der Waals surface area contributed by atoms with Crippen molar-refractivity contribution in [2.24, 2.45) is 0 Å². The smallest absolute Gasteiger partial charge is 0.354 e. The molecule has 1 aliphatic heterocycles. The summed E-state index contributed by atoms with van der Waals surface area (Å²) < 4.78 is 38.3. The van der Waals surface area contributed by atoms with Gasteiger partial charge in [-0.05, 0) is 40.5 Å². The molecule has 1 aliphatic rings. The fourth-order valence-corrected chi connectivity index (χ4v) is 2.42. The quantitative estimate of drug-likeness (QED) is 0.846. The van der Waals surface area contributed by atoms with Crippen molar-refractivity contribution in [3.63, 3.8) is 0 Å². The summed E-state index contributed by atoms with van der Waals surface area (Å²) in [5.41, 5.74) is -0.963. The standard InChI is InChI=1S/C13H12BrF3N2O2/c14-10-3-1-7(13(15,16)17)5-9(10)12(21)19-8-2-4-11(20)18-6-8/h1,3,5,8H,2,4,6H2,(H,18,20)(H,19,21). The van der Waals surface area contributed by atoms with Crippen LogP contribution in [0.3, 0.4) is 0 Å². The van der Waals surface area contributed by atoms with E-state index in [1.54, 1.807) is 0 Å². The summed E-state index contributed by atoms with van der Waals surface area (Å²) in [6.07, 6.45) is -3.75. The monoisotopic (exact) mass is 364 g/mol. The minimum atomic E-state index is -4.51. The first-order chi connectivity index (χ1) is 9.77. The third kappa shape index (κ3) is 3.96. The van der Waals surface area contributed by atoms with Crippen LogP contribution in [0.1, 0.15) is 28.8 Å². The van der Waals surface area contributed by atoms with Crippen LogP contribution in [0.25, 0.3) is 0 Å². The Hall–Kier alpha value is -1.57. The predicted molar refractivity (Wildman–Crippen MR) is 72.6 cm³/mol. The van der Waals surface area contributed by atoms with Gasteiger partial charge in [0, 0.05) is 23.5 Å². The van der Waals surface area contributed by atoms with Gasteiger partial charge in [-0.1, -0.05) is 0 Å². The molecule has 0 aliphatic carbocycles. The minimum absolute atomic E-state index is 0.0817. The number of carbonyl (C=O) groups excluding carboxylic acids is 2. The number of nitrogens with one attached hydrogen (secondary N) is 2. The Balaban J connectivity index is 2.13. The lowest BCUT2D eigenvalue weighted by molar-refractivity contribution is -0.137. The number of rotatable bonds is 2. The highest BCUT2D eigenvalue weighted by molar-refractivity contribution is 9.10. The van der Waals surface area contributed by atoms with Crippen molar-refractivity contribution in [3.8, 4) is 0 Å². The van der Waals surface area contributed by atoms with Gasteiger partial charge in [0.1, 0.15) is 0 Å². The lowest BCUT2D eigenvalue weighted by Gasteiger charge is -2.23. The molecule has 4 nitrogen and oxygen atoms in total. The molecule has 0 spiro atoms. The Morgan fingerprint density at radius 2 is 2.10 bits per heavy atom. The maximum atomic E-state index is 12.7. The van der Waals surface area contributed by atoms with Crippen molar-refractivity contribution >= 4 is 27.7 Å². The third-order valence-corrected chi connectivity index (χ3v) is 3.83. The van der Waals surface area contributed by atoms with Crippen molar-refractivity contribution in [1.82, 2.24) is 10.6 Å². The Morgan fingerprint density at radius 1 is 1.38 bits per heavy atom. The van der Waals surface area contributed by atoms with Gasteiger partial charge < -0.3 is 10.6 Å². The van der Waals surface area contributed by atoms with Crippen molar-refractivity contribution in [2.45, 2.75) is 25.1 Å². The van der Waals surface area contributed by atoms with Crippen LogP contribution < -0.4 is 10.6 Å². The van der Waals surface area contributed by atoms with E-state index in [1.807, 2.05) is 0 Å². The number of alkyl halides is 3. The van der Waals surface area contributed by atoms with Gasteiger partial charge in [0.15, 0.2) is 0 Å². The van der Waals surface area contributed by atoms with E-state index in [9.17, 15) is 22.8 Å². The van der Waals surface area contributed by atoms with E-state index in [-0.39, 0.29) is 35.0 Å². The molecule has 1 fully saturated rings. The first kappa shape index (κ1) is 15.8. The highest BCUT2D eigenvalue weighted by atomic mass is 79.9. The van der Waals surface area contributed by atoms with Gasteiger partial charge in [-0.15, -0.1) is 0 Å². The number of benzene rings is 1. The molecule has 0 aromatic heterocycles. The predicted octanol–water partition coefficient (Wildman–Crippen LogP) is 2.48. The van der Waals surface area contributed by atoms with E-state index in [0.29, 0.717) is 6.42 Å². The molecule has 0 saturated carbocycles. The molecule has 1 unspecified atom stereocenters. The number of carbonyl (C=O) groups is 2. The Kier molecular flexibility index (Phi) is 4.55. The zero-order chi connectivity index (χ0) is 15.6. The number of amides is 2. The lowest BCUT2D eigenvalue weighted by atomic mass is 10.1. The topological polar surface area (TPSA) is 58.2 Å². The Labute approximate surface area is 127 Å². The maximum Gasteiger partial charge on any atom is 0.416 e. The number of hydrogen-bond donors (Lipinski definition) is 2. The van der Waals surface area contributed by atoms with Gasteiger partial charge >= 0.3 is 6.18 Å².